The zero-order chi connectivity index (χ0) is 13.0. The number of nitrogens with zero attached hydrogens (tertiary/aromatic N) is 2. The van der Waals surface area contributed by atoms with Gasteiger partial charge in [-0.25, -0.2) is 0 Å². The number of nitrogens with one attached hydrogen (secondary N) is 1. The van der Waals surface area contributed by atoms with Crippen molar-refractivity contribution in [1.29, 1.82) is 0 Å². The number of likely N-dealkylation sites (N-methyl/N-ethyl adjacent to an activating group) is 1. The molecule has 0 radical (unpaired) electrons. The van der Waals surface area contributed by atoms with E-state index in [0.717, 1.165) is 19.4 Å². The Kier molecular flexibility index (Phi) is 4.97. The van der Waals surface area contributed by atoms with Crippen molar-refractivity contribution in [3.8, 4) is 0 Å². The second kappa shape index (κ2) is 6.29. The van der Waals surface area contributed by atoms with Gasteiger partial charge in [-0.05, 0) is 19.4 Å². The summed E-state index contributed by atoms with van der Waals surface area (Å²) in [7, 11) is -3.32. The molecule has 2 rings (SSSR count). The SMILES string of the molecule is CCN(CC1CCCN1)S(=O)(=O)N1CCOCC1. The van der Waals surface area contributed by atoms with Gasteiger partial charge in [0.15, 0.2) is 0 Å². The van der Waals surface area contributed by atoms with Crippen molar-refractivity contribution in [2.45, 2.75) is 25.8 Å². The van der Waals surface area contributed by atoms with E-state index >= 15 is 0 Å². The Morgan fingerprint density at radius 2 is 2.11 bits per heavy atom. The van der Waals surface area contributed by atoms with Gasteiger partial charge in [0.2, 0.25) is 0 Å². The lowest BCUT2D eigenvalue weighted by Crippen LogP contribution is -2.51. The minimum absolute atomic E-state index is 0.306. The van der Waals surface area contributed by atoms with Gasteiger partial charge in [-0.3, -0.25) is 0 Å². The Morgan fingerprint density at radius 3 is 2.67 bits per heavy atom. The fourth-order valence-electron chi connectivity index (χ4n) is 2.49. The van der Waals surface area contributed by atoms with E-state index < -0.39 is 10.2 Å². The maximum atomic E-state index is 12.5. The predicted octanol–water partition coefficient (Wildman–Crippen LogP) is -0.363. The van der Waals surface area contributed by atoms with Crippen LogP contribution in [0.4, 0.5) is 0 Å². The third-order valence-corrected chi connectivity index (χ3v) is 5.64. The molecule has 7 heteroatoms. The monoisotopic (exact) mass is 277 g/mol. The topological polar surface area (TPSA) is 61.9 Å². The van der Waals surface area contributed by atoms with Crippen LogP contribution >= 0.6 is 0 Å². The summed E-state index contributed by atoms with van der Waals surface area (Å²) in [5.74, 6) is 0. The summed E-state index contributed by atoms with van der Waals surface area (Å²) >= 11 is 0. The van der Waals surface area contributed by atoms with E-state index in [1.165, 1.54) is 4.31 Å². The lowest BCUT2D eigenvalue weighted by molar-refractivity contribution is 0.0701. The molecular weight excluding hydrogens is 254 g/mol. The smallest absolute Gasteiger partial charge is 0.282 e. The molecule has 0 saturated carbocycles. The van der Waals surface area contributed by atoms with E-state index in [-0.39, 0.29) is 0 Å². The molecule has 0 aliphatic carbocycles. The highest BCUT2D eigenvalue weighted by atomic mass is 32.2. The molecule has 0 aromatic rings. The first-order valence-electron chi connectivity index (χ1n) is 6.71. The van der Waals surface area contributed by atoms with E-state index in [1.807, 2.05) is 6.92 Å². The molecule has 2 fully saturated rings. The molecule has 0 amide bonds. The van der Waals surface area contributed by atoms with Gasteiger partial charge in [0.25, 0.3) is 10.2 Å². The summed E-state index contributed by atoms with van der Waals surface area (Å²) in [5.41, 5.74) is 0. The molecule has 1 unspecified atom stereocenters. The van der Waals surface area contributed by atoms with E-state index in [2.05, 4.69) is 5.32 Å². The van der Waals surface area contributed by atoms with Gasteiger partial charge in [-0.15, -0.1) is 0 Å². The molecule has 18 heavy (non-hydrogen) atoms. The van der Waals surface area contributed by atoms with Crippen LogP contribution in [0, 0.1) is 0 Å². The molecule has 2 aliphatic heterocycles. The highest BCUT2D eigenvalue weighted by Gasteiger charge is 2.31. The Balaban J connectivity index is 1.99. The van der Waals surface area contributed by atoms with Crippen molar-refractivity contribution in [3.05, 3.63) is 0 Å². The van der Waals surface area contributed by atoms with Gasteiger partial charge in [0, 0.05) is 32.2 Å². The van der Waals surface area contributed by atoms with E-state index in [0.29, 0.717) is 45.4 Å². The van der Waals surface area contributed by atoms with Crippen molar-refractivity contribution in [2.75, 3.05) is 45.9 Å². The molecular formula is C11H23N3O3S. The third-order valence-electron chi connectivity index (χ3n) is 3.56. The quantitative estimate of drug-likeness (QED) is 0.745. The maximum Gasteiger partial charge on any atom is 0.282 e. The molecule has 106 valence electrons. The van der Waals surface area contributed by atoms with E-state index in [4.69, 9.17) is 4.74 Å². The zero-order valence-corrected chi connectivity index (χ0v) is 11.8. The zero-order valence-electron chi connectivity index (χ0n) is 11.0. The Labute approximate surface area is 109 Å². The first kappa shape index (κ1) is 14.2. The van der Waals surface area contributed by atoms with Gasteiger partial charge in [-0.2, -0.15) is 17.0 Å². The molecule has 0 aromatic carbocycles. The molecule has 1 N–H and O–H groups in total. The van der Waals surface area contributed by atoms with Crippen LogP contribution in [0.25, 0.3) is 0 Å². The summed E-state index contributed by atoms with van der Waals surface area (Å²) < 4.78 is 33.3. The lowest BCUT2D eigenvalue weighted by Gasteiger charge is -2.32. The molecule has 0 spiro atoms. The lowest BCUT2D eigenvalue weighted by atomic mass is 10.2. The first-order valence-corrected chi connectivity index (χ1v) is 8.10. The van der Waals surface area contributed by atoms with E-state index in [9.17, 15) is 8.42 Å². The molecule has 6 nitrogen and oxygen atoms in total. The second-order valence-corrected chi connectivity index (χ2v) is 6.69. The van der Waals surface area contributed by atoms with Crippen LogP contribution in [0.3, 0.4) is 0 Å². The molecule has 2 heterocycles. The number of morpholine rings is 1. The van der Waals surface area contributed by atoms with Gasteiger partial charge >= 0.3 is 0 Å². The van der Waals surface area contributed by atoms with Gasteiger partial charge in [-0.1, -0.05) is 6.92 Å². The van der Waals surface area contributed by atoms with Crippen LogP contribution in [-0.2, 0) is 14.9 Å². The number of hydrogen-bond donors (Lipinski definition) is 1. The maximum absolute atomic E-state index is 12.5. The molecule has 0 bridgehead atoms. The van der Waals surface area contributed by atoms with Crippen molar-refractivity contribution < 1.29 is 13.2 Å². The van der Waals surface area contributed by atoms with Crippen LogP contribution < -0.4 is 5.32 Å². The minimum atomic E-state index is -3.32. The van der Waals surface area contributed by atoms with Gasteiger partial charge < -0.3 is 10.1 Å². The molecule has 2 aliphatic rings. The first-order chi connectivity index (χ1) is 8.64. The average molecular weight is 277 g/mol. The number of hydrogen-bond acceptors (Lipinski definition) is 4. The van der Waals surface area contributed by atoms with E-state index in [1.54, 1.807) is 4.31 Å². The summed E-state index contributed by atoms with van der Waals surface area (Å²) in [6.45, 7) is 5.94. The standard InChI is InChI=1S/C11H23N3O3S/c1-2-13(10-11-4-3-5-12-11)18(15,16)14-6-8-17-9-7-14/h11-12H,2-10H2,1H3. The summed E-state index contributed by atoms with van der Waals surface area (Å²) in [6, 6.07) is 0.306. The highest BCUT2D eigenvalue weighted by molar-refractivity contribution is 7.86. The minimum Gasteiger partial charge on any atom is -0.379 e. The molecule has 2 saturated heterocycles. The van der Waals surface area contributed by atoms with Crippen molar-refractivity contribution in [2.24, 2.45) is 0 Å². The van der Waals surface area contributed by atoms with Crippen LogP contribution in [0.15, 0.2) is 0 Å². The average Bonchev–Trinajstić information content (AvgIpc) is 2.89. The highest BCUT2D eigenvalue weighted by Crippen LogP contribution is 2.14. The Hall–Kier alpha value is -0.210. The third kappa shape index (κ3) is 3.21. The van der Waals surface area contributed by atoms with Crippen LogP contribution in [0.5, 0.6) is 0 Å². The van der Waals surface area contributed by atoms with Crippen molar-refractivity contribution in [3.63, 3.8) is 0 Å². The van der Waals surface area contributed by atoms with Crippen LogP contribution in [0.1, 0.15) is 19.8 Å². The summed E-state index contributed by atoms with van der Waals surface area (Å²) in [5, 5.41) is 3.35. The fraction of sp³-hybridized carbons (Fsp3) is 1.00. The number of rotatable bonds is 5. The summed E-state index contributed by atoms with van der Waals surface area (Å²) in [4.78, 5) is 0. The fourth-order valence-corrected chi connectivity index (χ4v) is 4.12. The van der Waals surface area contributed by atoms with Crippen LogP contribution in [0.2, 0.25) is 0 Å². The van der Waals surface area contributed by atoms with Crippen LogP contribution in [-0.4, -0.2) is 69.0 Å². The van der Waals surface area contributed by atoms with Gasteiger partial charge in [0.05, 0.1) is 13.2 Å². The predicted molar refractivity (Wildman–Crippen MR) is 69.6 cm³/mol. The Bertz CT molecular complexity index is 349. The largest absolute Gasteiger partial charge is 0.379 e. The second-order valence-electron chi connectivity index (χ2n) is 4.76. The molecule has 1 atom stereocenters. The van der Waals surface area contributed by atoms with Crippen molar-refractivity contribution in [1.82, 2.24) is 13.9 Å². The number of ether oxygens (including phenoxy) is 1. The van der Waals surface area contributed by atoms with Crippen molar-refractivity contribution >= 4 is 10.2 Å². The normalized spacial score (nSPS) is 26.9. The van der Waals surface area contributed by atoms with Gasteiger partial charge in [0.1, 0.15) is 0 Å². The molecule has 0 aromatic heterocycles. The summed E-state index contributed by atoms with van der Waals surface area (Å²) in [6.07, 6.45) is 2.20. The Morgan fingerprint density at radius 1 is 1.39 bits per heavy atom.